The predicted molar refractivity (Wildman–Crippen MR) is 163 cm³/mol. The SMILES string of the molecule is CC(C)(C)OC(=O)c1ccc(COC(=O)C(F)(F)C(F)(F)S(=O)(=O)OS(c2ccccc2)(c2ccccc2)c2ccccc2)cc1. The molecule has 4 aromatic rings. The Kier molecular flexibility index (Phi) is 10.00. The largest absolute Gasteiger partial charge is 0.456 e. The van der Waals surface area contributed by atoms with Crippen molar-refractivity contribution >= 4 is 32.4 Å². The third-order valence-corrected chi connectivity index (χ3v) is 11.5. The lowest BCUT2D eigenvalue weighted by molar-refractivity contribution is -0.206. The number of hydrogen-bond donors (Lipinski definition) is 0. The second kappa shape index (κ2) is 13.3. The first kappa shape index (κ1) is 34.7. The number of ether oxygens (including phenoxy) is 2. The molecule has 0 atom stereocenters. The minimum atomic E-state index is -6.58. The molecule has 4 rings (SSSR count). The van der Waals surface area contributed by atoms with Crippen LogP contribution in [0.4, 0.5) is 17.6 Å². The first-order valence-corrected chi connectivity index (χ1v) is 16.7. The van der Waals surface area contributed by atoms with Crippen LogP contribution >= 0.6 is 10.3 Å². The van der Waals surface area contributed by atoms with E-state index in [1.807, 2.05) is 0 Å². The zero-order chi connectivity index (χ0) is 33.8. The van der Waals surface area contributed by atoms with Gasteiger partial charge in [-0.1, -0.05) is 66.7 Å². The minimum absolute atomic E-state index is 0.0552. The predicted octanol–water partition coefficient (Wildman–Crippen LogP) is 8.16. The highest BCUT2D eigenvalue weighted by molar-refractivity contribution is 8.33. The number of benzene rings is 4. The zero-order valence-corrected chi connectivity index (χ0v) is 26.5. The van der Waals surface area contributed by atoms with Crippen molar-refractivity contribution < 1.29 is 48.7 Å². The van der Waals surface area contributed by atoms with Gasteiger partial charge in [-0.25, -0.2) is 13.2 Å². The normalized spacial score (nSPS) is 13.1. The van der Waals surface area contributed by atoms with Gasteiger partial charge in [0.2, 0.25) is 0 Å². The van der Waals surface area contributed by atoms with Crippen molar-refractivity contribution in [2.45, 2.75) is 58.8 Å². The molecule has 0 bridgehead atoms. The Hall–Kier alpha value is -4.20. The fourth-order valence-electron chi connectivity index (χ4n) is 4.13. The zero-order valence-electron chi connectivity index (χ0n) is 24.9. The van der Waals surface area contributed by atoms with Crippen molar-refractivity contribution in [1.82, 2.24) is 0 Å². The van der Waals surface area contributed by atoms with E-state index in [9.17, 15) is 18.0 Å². The minimum Gasteiger partial charge on any atom is -0.456 e. The molecule has 13 heteroatoms. The molecule has 0 fully saturated rings. The third-order valence-electron chi connectivity index (χ3n) is 6.31. The van der Waals surface area contributed by atoms with E-state index in [4.69, 9.17) is 8.37 Å². The quantitative estimate of drug-likeness (QED) is 0.117. The van der Waals surface area contributed by atoms with Crippen LogP contribution in [0.15, 0.2) is 130 Å². The van der Waals surface area contributed by atoms with Gasteiger partial charge in [0.1, 0.15) is 12.2 Å². The molecule has 0 aliphatic heterocycles. The summed E-state index contributed by atoms with van der Waals surface area (Å²) < 4.78 is 103. The van der Waals surface area contributed by atoms with Crippen molar-refractivity contribution in [3.05, 3.63) is 126 Å². The molecule has 0 heterocycles. The molecular formula is C33H30F4O7S2. The fraction of sp³-hybridized carbons (Fsp3) is 0.212. The van der Waals surface area contributed by atoms with Gasteiger partial charge in [0.15, 0.2) is 0 Å². The number of carbonyl (C=O) groups excluding carboxylic acids is 2. The molecule has 244 valence electrons. The van der Waals surface area contributed by atoms with Crippen LogP contribution in [0.3, 0.4) is 0 Å². The van der Waals surface area contributed by atoms with E-state index in [0.29, 0.717) is 0 Å². The Labute approximate surface area is 265 Å². The first-order valence-electron chi connectivity index (χ1n) is 13.7. The molecule has 4 aromatic carbocycles. The topological polar surface area (TPSA) is 96.0 Å². The van der Waals surface area contributed by atoms with Crippen molar-refractivity contribution in [2.75, 3.05) is 0 Å². The highest BCUT2D eigenvalue weighted by Gasteiger charge is 2.73. The number of esters is 2. The van der Waals surface area contributed by atoms with Crippen LogP contribution in [-0.4, -0.2) is 37.1 Å². The Morgan fingerprint density at radius 1 is 0.652 bits per heavy atom. The highest BCUT2D eigenvalue weighted by Crippen LogP contribution is 2.70. The number of hydrogen-bond acceptors (Lipinski definition) is 7. The molecule has 0 N–H and O–H groups in total. The second-order valence-corrected chi connectivity index (χ2v) is 15.4. The molecule has 46 heavy (non-hydrogen) atoms. The smallest absolute Gasteiger partial charge is 0.444 e. The summed E-state index contributed by atoms with van der Waals surface area (Å²) >= 11 is 0. The molecule has 0 unspecified atom stereocenters. The summed E-state index contributed by atoms with van der Waals surface area (Å²) in [6, 6.07) is 27.5. The molecule has 0 aromatic heterocycles. The van der Waals surface area contributed by atoms with E-state index < -0.39 is 55.8 Å². The molecule has 0 saturated heterocycles. The van der Waals surface area contributed by atoms with Gasteiger partial charge >= 0.3 is 33.2 Å². The molecule has 0 aliphatic carbocycles. The summed E-state index contributed by atoms with van der Waals surface area (Å²) in [6.07, 6.45) is 0. The van der Waals surface area contributed by atoms with Crippen LogP contribution in [0.25, 0.3) is 0 Å². The van der Waals surface area contributed by atoms with Gasteiger partial charge in [0.05, 0.1) is 5.56 Å². The highest BCUT2D eigenvalue weighted by atomic mass is 32.3. The molecule has 0 saturated carbocycles. The van der Waals surface area contributed by atoms with Gasteiger partial charge in [-0.3, -0.25) is 0 Å². The second-order valence-electron chi connectivity index (χ2n) is 10.9. The summed E-state index contributed by atoms with van der Waals surface area (Å²) in [5.41, 5.74) is -0.623. The molecular weight excluding hydrogens is 648 g/mol. The van der Waals surface area contributed by atoms with Gasteiger partial charge in [-0.15, -0.1) is 0 Å². The van der Waals surface area contributed by atoms with Crippen molar-refractivity contribution in [2.24, 2.45) is 0 Å². The standard InChI is InChI=1S/C33H30F4O7S2/c1-31(2,3)43-29(38)25-21-19-24(20-22-25)23-42-30(39)32(34,35)33(36,37)46(40,41)44-45(26-13-7-4-8-14-26,27-15-9-5-10-16-27)28-17-11-6-12-18-28/h4-22H,23H2,1-3H3. The fourth-order valence-corrected chi connectivity index (χ4v) is 9.32. The van der Waals surface area contributed by atoms with E-state index in [-0.39, 0.29) is 25.8 Å². The van der Waals surface area contributed by atoms with Gasteiger partial charge in [-0.05, 0) is 85.2 Å². The van der Waals surface area contributed by atoms with E-state index in [0.717, 1.165) is 0 Å². The molecule has 0 radical (unpaired) electrons. The number of rotatable bonds is 11. The lowest BCUT2D eigenvalue weighted by Crippen LogP contribution is -2.53. The number of halogens is 4. The molecule has 0 amide bonds. The Bertz CT molecular complexity index is 1670. The van der Waals surface area contributed by atoms with Crippen LogP contribution in [-0.2, 0) is 34.6 Å². The third kappa shape index (κ3) is 7.11. The van der Waals surface area contributed by atoms with Crippen molar-refractivity contribution in [3.63, 3.8) is 0 Å². The first-order chi connectivity index (χ1) is 21.5. The summed E-state index contributed by atoms with van der Waals surface area (Å²) in [4.78, 5) is 24.9. The Morgan fingerprint density at radius 2 is 1.07 bits per heavy atom. The maximum Gasteiger partial charge on any atom is 0.444 e. The number of alkyl halides is 4. The van der Waals surface area contributed by atoms with Crippen LogP contribution in [0.5, 0.6) is 0 Å². The summed E-state index contributed by atoms with van der Waals surface area (Å²) in [5, 5.41) is -6.06. The molecule has 0 spiro atoms. The lowest BCUT2D eigenvalue weighted by atomic mass is 10.1. The van der Waals surface area contributed by atoms with Gasteiger partial charge < -0.3 is 9.47 Å². The van der Waals surface area contributed by atoms with E-state index in [1.165, 1.54) is 97.1 Å². The Morgan fingerprint density at radius 3 is 1.46 bits per heavy atom. The van der Waals surface area contributed by atoms with Crippen LogP contribution in [0, 0.1) is 0 Å². The monoisotopic (exact) mass is 678 g/mol. The average molecular weight is 679 g/mol. The Balaban J connectivity index is 1.64. The summed E-state index contributed by atoms with van der Waals surface area (Å²) in [5.74, 6) is -9.33. The van der Waals surface area contributed by atoms with Crippen molar-refractivity contribution in [3.8, 4) is 0 Å². The summed E-state index contributed by atoms with van der Waals surface area (Å²) in [7, 11) is -10.2. The average Bonchev–Trinajstić information content (AvgIpc) is 3.03. The lowest BCUT2D eigenvalue weighted by Gasteiger charge is -2.40. The van der Waals surface area contributed by atoms with E-state index in [2.05, 4.69) is 4.74 Å². The van der Waals surface area contributed by atoms with Crippen LogP contribution < -0.4 is 0 Å². The molecule has 7 nitrogen and oxygen atoms in total. The molecule has 0 aliphatic rings. The van der Waals surface area contributed by atoms with Crippen molar-refractivity contribution in [1.29, 1.82) is 0 Å². The van der Waals surface area contributed by atoms with Gasteiger partial charge in [0, 0.05) is 14.7 Å². The van der Waals surface area contributed by atoms with E-state index >= 15 is 17.6 Å². The maximum absolute atomic E-state index is 15.5. The number of carbonyl (C=O) groups is 2. The van der Waals surface area contributed by atoms with Gasteiger partial charge in [0.25, 0.3) is 0 Å². The summed E-state index contributed by atoms with van der Waals surface area (Å²) in [6.45, 7) is 4.05. The maximum atomic E-state index is 15.5. The van der Waals surface area contributed by atoms with Crippen LogP contribution in [0.1, 0.15) is 36.7 Å². The van der Waals surface area contributed by atoms with E-state index in [1.54, 1.807) is 39.0 Å². The van der Waals surface area contributed by atoms with Crippen LogP contribution in [0.2, 0.25) is 0 Å². The van der Waals surface area contributed by atoms with Gasteiger partial charge in [-0.2, -0.15) is 26.0 Å².